The monoisotopic (exact) mass is 338 g/mol. The molecule has 0 aliphatic heterocycles. The van der Waals surface area contributed by atoms with Crippen molar-refractivity contribution in [1.29, 1.82) is 0 Å². The SMILES string of the molecule is CN(CC(=O)Nc1ccccc1Cl)Cc1ccc2ccccc2c1. The average molecular weight is 339 g/mol. The number of carbonyl (C=O) groups excluding carboxylic acids is 1. The molecule has 0 heterocycles. The normalized spacial score (nSPS) is 11.0. The molecule has 24 heavy (non-hydrogen) atoms. The maximum Gasteiger partial charge on any atom is 0.238 e. The van der Waals surface area contributed by atoms with Gasteiger partial charge in [0.1, 0.15) is 0 Å². The largest absolute Gasteiger partial charge is 0.324 e. The Morgan fingerprint density at radius 2 is 1.71 bits per heavy atom. The van der Waals surface area contributed by atoms with Gasteiger partial charge < -0.3 is 5.32 Å². The van der Waals surface area contributed by atoms with Gasteiger partial charge >= 0.3 is 0 Å². The fraction of sp³-hybridized carbons (Fsp3) is 0.150. The molecule has 0 fully saturated rings. The highest BCUT2D eigenvalue weighted by Gasteiger charge is 2.09. The van der Waals surface area contributed by atoms with Crippen molar-refractivity contribution in [2.45, 2.75) is 6.54 Å². The van der Waals surface area contributed by atoms with Crippen molar-refractivity contribution in [1.82, 2.24) is 4.90 Å². The number of anilines is 1. The van der Waals surface area contributed by atoms with E-state index in [4.69, 9.17) is 11.6 Å². The Morgan fingerprint density at radius 3 is 2.50 bits per heavy atom. The smallest absolute Gasteiger partial charge is 0.238 e. The van der Waals surface area contributed by atoms with Crippen molar-refractivity contribution in [3.05, 3.63) is 77.3 Å². The van der Waals surface area contributed by atoms with Crippen LogP contribution in [0.15, 0.2) is 66.7 Å². The van der Waals surface area contributed by atoms with Gasteiger partial charge in [0, 0.05) is 6.54 Å². The molecule has 0 aromatic heterocycles. The Morgan fingerprint density at radius 1 is 1.00 bits per heavy atom. The summed E-state index contributed by atoms with van der Waals surface area (Å²) in [6.07, 6.45) is 0. The number of para-hydroxylation sites is 1. The summed E-state index contributed by atoms with van der Waals surface area (Å²) >= 11 is 6.06. The number of nitrogens with one attached hydrogen (secondary N) is 1. The second-order valence-corrected chi connectivity index (χ2v) is 6.29. The number of nitrogens with zero attached hydrogens (tertiary/aromatic N) is 1. The highest BCUT2D eigenvalue weighted by Crippen LogP contribution is 2.20. The predicted octanol–water partition coefficient (Wildman–Crippen LogP) is 4.56. The molecule has 0 aliphatic rings. The van der Waals surface area contributed by atoms with Crippen molar-refractivity contribution in [3.8, 4) is 0 Å². The molecule has 0 saturated carbocycles. The summed E-state index contributed by atoms with van der Waals surface area (Å²) in [7, 11) is 1.93. The summed E-state index contributed by atoms with van der Waals surface area (Å²) in [5.41, 5.74) is 1.82. The summed E-state index contributed by atoms with van der Waals surface area (Å²) in [5, 5.41) is 5.82. The third-order valence-corrected chi connectivity index (χ3v) is 4.16. The third kappa shape index (κ3) is 4.13. The zero-order chi connectivity index (χ0) is 16.9. The lowest BCUT2D eigenvalue weighted by Gasteiger charge is -2.17. The number of likely N-dealkylation sites (N-methyl/N-ethyl adjacent to an activating group) is 1. The quantitative estimate of drug-likeness (QED) is 0.739. The first-order valence-electron chi connectivity index (χ1n) is 7.82. The molecule has 0 saturated heterocycles. The summed E-state index contributed by atoms with van der Waals surface area (Å²) in [5.74, 6) is -0.0774. The van der Waals surface area contributed by atoms with Crippen LogP contribution in [-0.2, 0) is 11.3 Å². The van der Waals surface area contributed by atoms with Gasteiger partial charge in [0.25, 0.3) is 0 Å². The van der Waals surface area contributed by atoms with Gasteiger partial charge in [0.05, 0.1) is 17.3 Å². The Kier molecular flexibility index (Phi) is 5.14. The van der Waals surface area contributed by atoms with E-state index in [0.29, 0.717) is 23.8 Å². The van der Waals surface area contributed by atoms with E-state index < -0.39 is 0 Å². The van der Waals surface area contributed by atoms with Crippen molar-refractivity contribution < 1.29 is 4.79 Å². The summed E-state index contributed by atoms with van der Waals surface area (Å²) in [6, 6.07) is 21.9. The van der Waals surface area contributed by atoms with Crippen LogP contribution in [0.3, 0.4) is 0 Å². The molecule has 3 rings (SSSR count). The van der Waals surface area contributed by atoms with Crippen LogP contribution in [-0.4, -0.2) is 24.4 Å². The molecule has 0 radical (unpaired) electrons. The predicted molar refractivity (Wildman–Crippen MR) is 100 cm³/mol. The molecule has 1 amide bonds. The molecular weight excluding hydrogens is 320 g/mol. The van der Waals surface area contributed by atoms with Crippen molar-refractivity contribution in [2.24, 2.45) is 0 Å². The lowest BCUT2D eigenvalue weighted by Crippen LogP contribution is -2.29. The average Bonchev–Trinajstić information content (AvgIpc) is 2.56. The van der Waals surface area contributed by atoms with E-state index in [2.05, 4.69) is 35.6 Å². The van der Waals surface area contributed by atoms with Gasteiger partial charge in [0.15, 0.2) is 0 Å². The Balaban J connectivity index is 1.61. The fourth-order valence-electron chi connectivity index (χ4n) is 2.70. The second-order valence-electron chi connectivity index (χ2n) is 5.88. The van der Waals surface area contributed by atoms with Crippen molar-refractivity contribution >= 4 is 34.0 Å². The Labute approximate surface area is 146 Å². The molecule has 0 bridgehead atoms. The molecule has 4 heteroatoms. The minimum atomic E-state index is -0.0774. The fourth-order valence-corrected chi connectivity index (χ4v) is 2.89. The van der Waals surface area contributed by atoms with E-state index in [-0.39, 0.29) is 5.91 Å². The van der Waals surface area contributed by atoms with Gasteiger partial charge in [-0.3, -0.25) is 9.69 Å². The summed E-state index contributed by atoms with van der Waals surface area (Å²) in [6.45, 7) is 1.01. The molecule has 0 spiro atoms. The van der Waals surface area contributed by atoms with Crippen LogP contribution >= 0.6 is 11.6 Å². The van der Waals surface area contributed by atoms with E-state index >= 15 is 0 Å². The van der Waals surface area contributed by atoms with Crippen LogP contribution in [0.2, 0.25) is 5.02 Å². The molecule has 0 aliphatic carbocycles. The van der Waals surface area contributed by atoms with E-state index in [1.54, 1.807) is 12.1 Å². The van der Waals surface area contributed by atoms with Crippen LogP contribution in [0.25, 0.3) is 10.8 Å². The zero-order valence-corrected chi connectivity index (χ0v) is 14.3. The summed E-state index contributed by atoms with van der Waals surface area (Å²) in [4.78, 5) is 14.1. The minimum absolute atomic E-state index is 0.0774. The number of hydrogen-bond donors (Lipinski definition) is 1. The Bertz CT molecular complexity index is 863. The van der Waals surface area contributed by atoms with Gasteiger partial charge in [0.2, 0.25) is 5.91 Å². The molecule has 0 unspecified atom stereocenters. The van der Waals surface area contributed by atoms with E-state index in [1.165, 1.54) is 16.3 Å². The van der Waals surface area contributed by atoms with E-state index in [9.17, 15) is 4.79 Å². The molecule has 0 atom stereocenters. The third-order valence-electron chi connectivity index (χ3n) is 3.83. The van der Waals surface area contributed by atoms with Gasteiger partial charge in [-0.25, -0.2) is 0 Å². The van der Waals surface area contributed by atoms with Gasteiger partial charge in [-0.2, -0.15) is 0 Å². The second kappa shape index (κ2) is 7.47. The number of carbonyl (C=O) groups is 1. The molecule has 3 aromatic carbocycles. The van der Waals surface area contributed by atoms with Gasteiger partial charge in [-0.1, -0.05) is 60.1 Å². The van der Waals surface area contributed by atoms with E-state index in [0.717, 1.165) is 0 Å². The summed E-state index contributed by atoms with van der Waals surface area (Å²) < 4.78 is 0. The first kappa shape index (κ1) is 16.5. The topological polar surface area (TPSA) is 32.3 Å². The van der Waals surface area contributed by atoms with Crippen LogP contribution in [0.4, 0.5) is 5.69 Å². The molecular formula is C20H19ClN2O. The highest BCUT2D eigenvalue weighted by atomic mass is 35.5. The number of fused-ring (bicyclic) bond motifs is 1. The minimum Gasteiger partial charge on any atom is -0.324 e. The zero-order valence-electron chi connectivity index (χ0n) is 13.5. The Hall–Kier alpha value is -2.36. The van der Waals surface area contributed by atoms with Crippen molar-refractivity contribution in [2.75, 3.05) is 18.9 Å². The molecule has 3 aromatic rings. The van der Waals surface area contributed by atoms with Crippen molar-refractivity contribution in [3.63, 3.8) is 0 Å². The highest BCUT2D eigenvalue weighted by molar-refractivity contribution is 6.33. The van der Waals surface area contributed by atoms with Crippen LogP contribution in [0, 0.1) is 0 Å². The molecule has 3 nitrogen and oxygen atoms in total. The first-order chi connectivity index (χ1) is 11.6. The van der Waals surface area contributed by atoms with Gasteiger partial charge in [-0.05, 0) is 41.6 Å². The van der Waals surface area contributed by atoms with Gasteiger partial charge in [-0.15, -0.1) is 0 Å². The lowest BCUT2D eigenvalue weighted by atomic mass is 10.1. The standard InChI is InChI=1S/C20H19ClN2O/c1-23(14-20(24)22-19-9-5-4-8-18(19)21)13-15-10-11-16-6-2-3-7-17(16)12-15/h2-12H,13-14H2,1H3,(H,22,24). The molecule has 122 valence electrons. The first-order valence-corrected chi connectivity index (χ1v) is 8.20. The van der Waals surface area contributed by atoms with E-state index in [1.807, 2.05) is 36.2 Å². The number of hydrogen-bond acceptors (Lipinski definition) is 2. The van der Waals surface area contributed by atoms with Crippen LogP contribution in [0.5, 0.6) is 0 Å². The number of amides is 1. The maximum absolute atomic E-state index is 12.2. The van der Waals surface area contributed by atoms with Crippen LogP contribution < -0.4 is 5.32 Å². The number of rotatable bonds is 5. The molecule has 1 N–H and O–H groups in total. The maximum atomic E-state index is 12.2. The number of benzene rings is 3. The lowest BCUT2D eigenvalue weighted by molar-refractivity contribution is -0.117. The number of halogens is 1. The van der Waals surface area contributed by atoms with Crippen LogP contribution in [0.1, 0.15) is 5.56 Å².